The van der Waals surface area contributed by atoms with Gasteiger partial charge in [-0.05, 0) is 31.5 Å². The highest BCUT2D eigenvalue weighted by atomic mass is 14.9. The molecule has 1 N–H and O–H groups in total. The Hall–Kier alpha value is -1.76. The summed E-state index contributed by atoms with van der Waals surface area (Å²) in [5.41, 5.74) is 3.87. The highest BCUT2D eigenvalue weighted by molar-refractivity contribution is 5.45. The molecule has 2 aromatic carbocycles. The van der Waals surface area contributed by atoms with Crippen LogP contribution in [0.2, 0.25) is 0 Å². The van der Waals surface area contributed by atoms with Crippen LogP contribution in [0.5, 0.6) is 0 Å². The quantitative estimate of drug-likeness (QED) is 0.822. The topological polar surface area (TPSA) is 12.0 Å². The molecule has 0 radical (unpaired) electrons. The van der Waals surface area contributed by atoms with E-state index in [2.05, 4.69) is 80.7 Å². The third kappa shape index (κ3) is 3.13. The van der Waals surface area contributed by atoms with Crippen molar-refractivity contribution < 1.29 is 0 Å². The van der Waals surface area contributed by atoms with Crippen LogP contribution in [0.3, 0.4) is 0 Å². The monoisotopic (exact) mass is 239 g/mol. The zero-order chi connectivity index (χ0) is 13.0. The van der Waals surface area contributed by atoms with Gasteiger partial charge in [-0.15, -0.1) is 0 Å². The van der Waals surface area contributed by atoms with Gasteiger partial charge in [-0.2, -0.15) is 0 Å². The SMILES string of the molecule is Cc1ccc(NC(C)C(C)c2ccccc2)cc1. The fourth-order valence-electron chi connectivity index (χ4n) is 2.08. The summed E-state index contributed by atoms with van der Waals surface area (Å²) in [4.78, 5) is 0. The molecule has 0 aliphatic carbocycles. The minimum absolute atomic E-state index is 0.412. The fraction of sp³-hybridized carbons (Fsp3) is 0.294. The van der Waals surface area contributed by atoms with E-state index in [9.17, 15) is 0 Å². The van der Waals surface area contributed by atoms with Gasteiger partial charge in [-0.1, -0.05) is 55.0 Å². The maximum Gasteiger partial charge on any atom is 0.0342 e. The number of aryl methyl sites for hydroxylation is 1. The Morgan fingerprint density at radius 1 is 0.833 bits per heavy atom. The van der Waals surface area contributed by atoms with Crippen LogP contribution in [0, 0.1) is 6.92 Å². The largest absolute Gasteiger partial charge is 0.382 e. The van der Waals surface area contributed by atoms with Gasteiger partial charge in [-0.3, -0.25) is 0 Å². The molecule has 0 fully saturated rings. The van der Waals surface area contributed by atoms with Crippen molar-refractivity contribution in [2.45, 2.75) is 32.7 Å². The zero-order valence-electron chi connectivity index (χ0n) is 11.4. The van der Waals surface area contributed by atoms with Crippen molar-refractivity contribution in [2.24, 2.45) is 0 Å². The van der Waals surface area contributed by atoms with Gasteiger partial charge in [0, 0.05) is 17.6 Å². The molecule has 1 heteroatoms. The molecule has 0 aliphatic heterocycles. The van der Waals surface area contributed by atoms with E-state index >= 15 is 0 Å². The van der Waals surface area contributed by atoms with Crippen LogP contribution in [0.25, 0.3) is 0 Å². The maximum atomic E-state index is 3.57. The first-order chi connectivity index (χ1) is 8.66. The average Bonchev–Trinajstić information content (AvgIpc) is 2.41. The van der Waals surface area contributed by atoms with Crippen molar-refractivity contribution in [3.8, 4) is 0 Å². The van der Waals surface area contributed by atoms with Gasteiger partial charge in [0.25, 0.3) is 0 Å². The first-order valence-corrected chi connectivity index (χ1v) is 6.55. The van der Waals surface area contributed by atoms with Crippen LogP contribution in [0.15, 0.2) is 54.6 Å². The maximum absolute atomic E-state index is 3.57. The van der Waals surface area contributed by atoms with Crippen molar-refractivity contribution in [3.63, 3.8) is 0 Å². The molecule has 0 aromatic heterocycles. The summed E-state index contributed by atoms with van der Waals surface area (Å²) in [6.07, 6.45) is 0. The molecule has 0 heterocycles. The lowest BCUT2D eigenvalue weighted by Crippen LogP contribution is -2.22. The van der Waals surface area contributed by atoms with Crippen molar-refractivity contribution in [2.75, 3.05) is 5.32 Å². The molecule has 2 unspecified atom stereocenters. The summed E-state index contributed by atoms with van der Waals surface area (Å²) >= 11 is 0. The summed E-state index contributed by atoms with van der Waals surface area (Å²) < 4.78 is 0. The smallest absolute Gasteiger partial charge is 0.0342 e. The molecule has 0 aliphatic rings. The standard InChI is InChI=1S/C17H21N/c1-13-9-11-17(12-10-13)18-15(3)14(2)16-7-5-4-6-8-16/h4-12,14-15,18H,1-3H3. The van der Waals surface area contributed by atoms with Crippen LogP contribution in [-0.2, 0) is 0 Å². The Morgan fingerprint density at radius 2 is 1.44 bits per heavy atom. The zero-order valence-corrected chi connectivity index (χ0v) is 11.4. The molecule has 1 nitrogen and oxygen atoms in total. The second-order valence-corrected chi connectivity index (χ2v) is 5.00. The van der Waals surface area contributed by atoms with Crippen LogP contribution < -0.4 is 5.32 Å². The van der Waals surface area contributed by atoms with Crippen LogP contribution >= 0.6 is 0 Å². The third-order valence-corrected chi connectivity index (χ3v) is 3.52. The normalized spacial score (nSPS) is 13.9. The molecule has 94 valence electrons. The Morgan fingerprint density at radius 3 is 2.06 bits per heavy atom. The first kappa shape index (κ1) is 12.7. The molecule has 0 amide bonds. The second-order valence-electron chi connectivity index (χ2n) is 5.00. The van der Waals surface area contributed by atoms with Crippen molar-refractivity contribution in [3.05, 3.63) is 65.7 Å². The predicted molar refractivity (Wildman–Crippen MR) is 79.1 cm³/mol. The van der Waals surface area contributed by atoms with Crippen molar-refractivity contribution >= 4 is 5.69 Å². The Bertz CT molecular complexity index is 473. The molecular formula is C17H21N. The second kappa shape index (κ2) is 5.72. The minimum atomic E-state index is 0.412. The van der Waals surface area contributed by atoms with E-state index in [4.69, 9.17) is 0 Å². The fourth-order valence-corrected chi connectivity index (χ4v) is 2.08. The predicted octanol–water partition coefficient (Wildman–Crippen LogP) is 4.60. The van der Waals surface area contributed by atoms with Crippen LogP contribution in [0.1, 0.15) is 30.9 Å². The lowest BCUT2D eigenvalue weighted by molar-refractivity contribution is 0.650. The first-order valence-electron chi connectivity index (χ1n) is 6.55. The Labute approximate surface area is 110 Å². The summed E-state index contributed by atoms with van der Waals surface area (Å²) in [5.74, 6) is 0.493. The summed E-state index contributed by atoms with van der Waals surface area (Å²) in [5, 5.41) is 3.57. The lowest BCUT2D eigenvalue weighted by atomic mass is 9.94. The van der Waals surface area contributed by atoms with Crippen molar-refractivity contribution in [1.82, 2.24) is 0 Å². The van der Waals surface area contributed by atoms with E-state index in [1.54, 1.807) is 0 Å². The molecule has 2 atom stereocenters. The highest BCUT2D eigenvalue weighted by Crippen LogP contribution is 2.22. The number of hydrogen-bond donors (Lipinski definition) is 1. The highest BCUT2D eigenvalue weighted by Gasteiger charge is 2.13. The summed E-state index contributed by atoms with van der Waals surface area (Å²) in [6, 6.07) is 19.6. The number of nitrogens with one attached hydrogen (secondary N) is 1. The van der Waals surface area contributed by atoms with E-state index in [0.29, 0.717) is 12.0 Å². The number of rotatable bonds is 4. The van der Waals surface area contributed by atoms with Gasteiger partial charge in [-0.25, -0.2) is 0 Å². The Balaban J connectivity index is 2.03. The Kier molecular flexibility index (Phi) is 4.03. The van der Waals surface area contributed by atoms with Gasteiger partial charge < -0.3 is 5.32 Å². The van der Waals surface area contributed by atoms with Gasteiger partial charge in [0.1, 0.15) is 0 Å². The molecule has 2 rings (SSSR count). The minimum Gasteiger partial charge on any atom is -0.382 e. The average molecular weight is 239 g/mol. The molecule has 0 saturated heterocycles. The van der Waals surface area contributed by atoms with Gasteiger partial charge >= 0.3 is 0 Å². The number of benzene rings is 2. The molecular weight excluding hydrogens is 218 g/mol. The summed E-state index contributed by atoms with van der Waals surface area (Å²) in [7, 11) is 0. The third-order valence-electron chi connectivity index (χ3n) is 3.52. The molecule has 2 aromatic rings. The van der Waals surface area contributed by atoms with Gasteiger partial charge in [0.05, 0.1) is 0 Å². The summed E-state index contributed by atoms with van der Waals surface area (Å²) in [6.45, 7) is 6.61. The number of anilines is 1. The van der Waals surface area contributed by atoms with E-state index in [0.717, 1.165) is 0 Å². The van der Waals surface area contributed by atoms with E-state index in [-0.39, 0.29) is 0 Å². The van der Waals surface area contributed by atoms with E-state index < -0.39 is 0 Å². The van der Waals surface area contributed by atoms with E-state index in [1.807, 2.05) is 0 Å². The molecule has 0 spiro atoms. The van der Waals surface area contributed by atoms with E-state index in [1.165, 1.54) is 16.8 Å². The molecule has 0 bridgehead atoms. The molecule has 0 saturated carbocycles. The van der Waals surface area contributed by atoms with Gasteiger partial charge in [0.15, 0.2) is 0 Å². The van der Waals surface area contributed by atoms with Crippen LogP contribution in [0.4, 0.5) is 5.69 Å². The van der Waals surface area contributed by atoms with Crippen LogP contribution in [-0.4, -0.2) is 6.04 Å². The number of hydrogen-bond acceptors (Lipinski definition) is 1. The van der Waals surface area contributed by atoms with Crippen molar-refractivity contribution in [1.29, 1.82) is 0 Å². The van der Waals surface area contributed by atoms with Gasteiger partial charge in [0.2, 0.25) is 0 Å². The molecule has 18 heavy (non-hydrogen) atoms. The lowest BCUT2D eigenvalue weighted by Gasteiger charge is -2.23.